The van der Waals surface area contributed by atoms with Crippen molar-refractivity contribution in [3.8, 4) is 0 Å². The molecule has 0 radical (unpaired) electrons. The van der Waals surface area contributed by atoms with Gasteiger partial charge in [0, 0.05) is 17.8 Å². The molecule has 4 aromatic rings. The number of carbonyl (C=O) groups is 1. The summed E-state index contributed by atoms with van der Waals surface area (Å²) in [7, 11) is 0. The SMILES string of the molecule is Cc1cccc2sc(NC(=O)c3csc(Nc4ncccn4)n3)nc12. The third kappa shape index (κ3) is 3.32. The van der Waals surface area contributed by atoms with E-state index in [1.807, 2.05) is 25.1 Å². The van der Waals surface area contributed by atoms with Gasteiger partial charge in [-0.25, -0.2) is 19.9 Å². The van der Waals surface area contributed by atoms with Crippen molar-refractivity contribution < 1.29 is 4.79 Å². The van der Waals surface area contributed by atoms with Crippen LogP contribution in [0.25, 0.3) is 10.2 Å². The van der Waals surface area contributed by atoms with Gasteiger partial charge < -0.3 is 5.32 Å². The molecule has 4 rings (SSSR count). The summed E-state index contributed by atoms with van der Waals surface area (Å²) in [6.07, 6.45) is 3.26. The molecule has 124 valence electrons. The Morgan fingerprint density at radius 1 is 1.08 bits per heavy atom. The number of hydrogen-bond donors (Lipinski definition) is 2. The van der Waals surface area contributed by atoms with Gasteiger partial charge in [-0.05, 0) is 24.6 Å². The highest BCUT2D eigenvalue weighted by Crippen LogP contribution is 2.28. The van der Waals surface area contributed by atoms with Crippen molar-refractivity contribution in [3.05, 3.63) is 53.3 Å². The maximum atomic E-state index is 12.4. The summed E-state index contributed by atoms with van der Waals surface area (Å²) in [5.41, 5.74) is 2.31. The fraction of sp³-hybridized carbons (Fsp3) is 0.0625. The van der Waals surface area contributed by atoms with Crippen LogP contribution in [-0.4, -0.2) is 25.8 Å². The minimum absolute atomic E-state index is 0.296. The molecule has 0 unspecified atom stereocenters. The summed E-state index contributed by atoms with van der Waals surface area (Å²) in [6, 6.07) is 7.69. The van der Waals surface area contributed by atoms with Gasteiger partial charge in [0.1, 0.15) is 5.69 Å². The summed E-state index contributed by atoms with van der Waals surface area (Å²) in [4.78, 5) is 29.3. The lowest BCUT2D eigenvalue weighted by molar-refractivity contribution is 0.102. The lowest BCUT2D eigenvalue weighted by Gasteiger charge is -1.99. The average molecular weight is 368 g/mol. The molecule has 1 amide bonds. The molecule has 0 aliphatic heterocycles. The maximum Gasteiger partial charge on any atom is 0.276 e. The van der Waals surface area contributed by atoms with E-state index < -0.39 is 0 Å². The van der Waals surface area contributed by atoms with Gasteiger partial charge in [0.25, 0.3) is 5.91 Å². The molecule has 0 atom stereocenters. The first-order valence-corrected chi connectivity index (χ1v) is 9.06. The standard InChI is InChI=1S/C16H12N6OS2/c1-9-4-2-5-11-12(9)20-16(25-11)21-13(23)10-8-24-15(19-10)22-14-17-6-3-7-18-14/h2-8H,1H3,(H,20,21,23)(H,17,18,19,22). The van der Waals surface area contributed by atoms with Crippen molar-refractivity contribution >= 4 is 55.0 Å². The molecule has 25 heavy (non-hydrogen) atoms. The van der Waals surface area contributed by atoms with Crippen LogP contribution in [0.2, 0.25) is 0 Å². The molecule has 9 heteroatoms. The minimum atomic E-state index is -0.296. The lowest BCUT2D eigenvalue weighted by Crippen LogP contribution is -2.12. The number of carbonyl (C=O) groups excluding carboxylic acids is 1. The summed E-state index contributed by atoms with van der Waals surface area (Å²) >= 11 is 2.75. The first-order chi connectivity index (χ1) is 12.2. The molecular weight excluding hydrogens is 356 g/mol. The van der Waals surface area contributed by atoms with Gasteiger partial charge in [-0.3, -0.25) is 10.1 Å². The first kappa shape index (κ1) is 15.6. The quantitative estimate of drug-likeness (QED) is 0.568. The molecule has 0 aliphatic carbocycles. The van der Waals surface area contributed by atoms with Crippen LogP contribution in [-0.2, 0) is 0 Å². The molecule has 0 spiro atoms. The number of anilines is 3. The fourth-order valence-corrected chi connectivity index (χ4v) is 3.82. The van der Waals surface area contributed by atoms with Crippen molar-refractivity contribution in [2.45, 2.75) is 6.92 Å². The molecule has 1 aromatic carbocycles. The number of thiazole rings is 2. The van der Waals surface area contributed by atoms with E-state index in [1.54, 1.807) is 23.8 Å². The number of nitrogens with one attached hydrogen (secondary N) is 2. The lowest BCUT2D eigenvalue weighted by atomic mass is 10.2. The highest BCUT2D eigenvalue weighted by atomic mass is 32.1. The molecule has 3 heterocycles. The van der Waals surface area contributed by atoms with Gasteiger partial charge in [-0.2, -0.15) is 0 Å². The first-order valence-electron chi connectivity index (χ1n) is 7.36. The van der Waals surface area contributed by atoms with E-state index in [9.17, 15) is 4.79 Å². The van der Waals surface area contributed by atoms with E-state index in [-0.39, 0.29) is 5.91 Å². The fourth-order valence-electron chi connectivity index (χ4n) is 2.20. The normalized spacial score (nSPS) is 10.8. The smallest absolute Gasteiger partial charge is 0.276 e. The number of nitrogens with zero attached hydrogens (tertiary/aromatic N) is 4. The summed E-state index contributed by atoms with van der Waals surface area (Å²) in [5, 5.41) is 8.56. The second-order valence-corrected chi connectivity index (χ2v) is 7.02. The van der Waals surface area contributed by atoms with Crippen LogP contribution in [0.3, 0.4) is 0 Å². The van der Waals surface area contributed by atoms with Gasteiger partial charge in [-0.1, -0.05) is 23.5 Å². The third-order valence-corrected chi connectivity index (χ3v) is 5.06. The van der Waals surface area contributed by atoms with E-state index in [1.165, 1.54) is 22.7 Å². The molecule has 0 saturated carbocycles. The minimum Gasteiger partial charge on any atom is -0.300 e. The molecule has 3 aromatic heterocycles. The van der Waals surface area contributed by atoms with E-state index in [0.29, 0.717) is 21.9 Å². The zero-order chi connectivity index (χ0) is 17.2. The monoisotopic (exact) mass is 368 g/mol. The largest absolute Gasteiger partial charge is 0.300 e. The molecular formula is C16H12N6OS2. The Morgan fingerprint density at radius 2 is 1.92 bits per heavy atom. The summed E-state index contributed by atoms with van der Waals surface area (Å²) in [5.74, 6) is 0.139. The van der Waals surface area contributed by atoms with Crippen LogP contribution in [0.4, 0.5) is 16.2 Å². The highest BCUT2D eigenvalue weighted by molar-refractivity contribution is 7.22. The number of hydrogen-bond acceptors (Lipinski definition) is 8. The predicted molar refractivity (Wildman–Crippen MR) is 99.7 cm³/mol. The molecule has 0 fully saturated rings. The zero-order valence-electron chi connectivity index (χ0n) is 13.1. The van der Waals surface area contributed by atoms with Gasteiger partial charge in [0.15, 0.2) is 10.3 Å². The van der Waals surface area contributed by atoms with E-state index in [4.69, 9.17) is 0 Å². The van der Waals surface area contributed by atoms with Gasteiger partial charge in [-0.15, -0.1) is 11.3 Å². The van der Waals surface area contributed by atoms with Crippen molar-refractivity contribution in [2.24, 2.45) is 0 Å². The van der Waals surface area contributed by atoms with Crippen LogP contribution in [0.1, 0.15) is 16.1 Å². The van der Waals surface area contributed by atoms with Gasteiger partial charge in [0.05, 0.1) is 10.2 Å². The Bertz CT molecular complexity index is 1040. The Labute approximate surface area is 150 Å². The zero-order valence-corrected chi connectivity index (χ0v) is 14.7. The van der Waals surface area contributed by atoms with Crippen LogP contribution in [0.15, 0.2) is 42.0 Å². The number of fused-ring (bicyclic) bond motifs is 1. The maximum absolute atomic E-state index is 12.4. The van der Waals surface area contributed by atoms with E-state index >= 15 is 0 Å². The number of aryl methyl sites for hydroxylation is 1. The van der Waals surface area contributed by atoms with Crippen LogP contribution >= 0.6 is 22.7 Å². The molecule has 2 N–H and O–H groups in total. The van der Waals surface area contributed by atoms with Crippen LogP contribution in [0.5, 0.6) is 0 Å². The second-order valence-electron chi connectivity index (χ2n) is 5.13. The van der Waals surface area contributed by atoms with Crippen molar-refractivity contribution in [1.29, 1.82) is 0 Å². The number of rotatable bonds is 4. The molecule has 0 saturated heterocycles. The number of benzene rings is 1. The van der Waals surface area contributed by atoms with Crippen LogP contribution < -0.4 is 10.6 Å². The number of aromatic nitrogens is 4. The summed E-state index contributed by atoms with van der Waals surface area (Å²) < 4.78 is 1.04. The Kier molecular flexibility index (Phi) is 4.08. The summed E-state index contributed by atoms with van der Waals surface area (Å²) in [6.45, 7) is 2.00. The topological polar surface area (TPSA) is 92.7 Å². The van der Waals surface area contributed by atoms with E-state index in [0.717, 1.165) is 15.8 Å². The number of amides is 1. The van der Waals surface area contributed by atoms with E-state index in [2.05, 4.69) is 30.6 Å². The highest BCUT2D eigenvalue weighted by Gasteiger charge is 2.14. The Hall–Kier alpha value is -2.91. The van der Waals surface area contributed by atoms with Crippen molar-refractivity contribution in [1.82, 2.24) is 19.9 Å². The average Bonchev–Trinajstić information content (AvgIpc) is 3.23. The number of para-hydroxylation sites is 1. The Balaban J connectivity index is 1.50. The van der Waals surface area contributed by atoms with Crippen molar-refractivity contribution in [3.63, 3.8) is 0 Å². The van der Waals surface area contributed by atoms with Gasteiger partial charge >= 0.3 is 0 Å². The second kappa shape index (κ2) is 6.54. The Morgan fingerprint density at radius 3 is 2.72 bits per heavy atom. The van der Waals surface area contributed by atoms with Gasteiger partial charge in [0.2, 0.25) is 5.95 Å². The molecule has 7 nitrogen and oxygen atoms in total. The van der Waals surface area contributed by atoms with Crippen molar-refractivity contribution in [2.75, 3.05) is 10.6 Å². The molecule has 0 aliphatic rings. The third-order valence-electron chi connectivity index (χ3n) is 3.36. The molecule has 0 bridgehead atoms. The predicted octanol–water partition coefficient (Wildman–Crippen LogP) is 3.85. The van der Waals surface area contributed by atoms with Crippen LogP contribution in [0, 0.1) is 6.92 Å².